The predicted octanol–water partition coefficient (Wildman–Crippen LogP) is 18.3. The summed E-state index contributed by atoms with van der Waals surface area (Å²) < 4.78 is 4.72. The highest BCUT2D eigenvalue weighted by Crippen LogP contribution is 2.37. The van der Waals surface area contributed by atoms with Crippen LogP contribution >= 0.6 is 0 Å². The van der Waals surface area contributed by atoms with E-state index in [1.54, 1.807) is 0 Å². The zero-order valence-corrected chi connectivity index (χ0v) is 40.3. The Morgan fingerprint density at radius 1 is 0.203 bits per heavy atom. The fraction of sp³-hybridized carbons (Fsp3) is 0. The molecule has 3 heterocycles. The first-order chi connectivity index (χ1) is 36.7. The Hall–Kier alpha value is -9.90. The molecule has 346 valence electrons. The summed E-state index contributed by atoms with van der Waals surface area (Å²) in [6, 6.07) is 99.9. The Labute approximate surface area is 429 Å². The minimum atomic E-state index is 0.698. The maximum atomic E-state index is 5.13. The van der Waals surface area contributed by atoms with E-state index in [2.05, 4.69) is 270 Å². The first kappa shape index (κ1) is 42.9. The molecule has 14 aromatic rings. The van der Waals surface area contributed by atoms with Crippen LogP contribution in [-0.2, 0) is 0 Å². The molecule has 0 saturated carbocycles. The summed E-state index contributed by atoms with van der Waals surface area (Å²) in [6.07, 6.45) is 0. The van der Waals surface area contributed by atoms with Gasteiger partial charge in [0.2, 0.25) is 0 Å². The van der Waals surface area contributed by atoms with Gasteiger partial charge in [0, 0.05) is 49.6 Å². The van der Waals surface area contributed by atoms with Gasteiger partial charge in [-0.05, 0) is 99.1 Å². The van der Waals surface area contributed by atoms with Crippen molar-refractivity contribution in [3.63, 3.8) is 0 Å². The molecule has 0 aliphatic heterocycles. The van der Waals surface area contributed by atoms with Gasteiger partial charge in [0.25, 0.3) is 0 Å². The van der Waals surface area contributed by atoms with Crippen LogP contribution in [0.1, 0.15) is 0 Å². The number of fused-ring (bicyclic) bond motifs is 6. The quantitative estimate of drug-likeness (QED) is 0.145. The Morgan fingerprint density at radius 2 is 0.446 bits per heavy atom. The number of hydrogen-bond acceptors (Lipinski definition) is 2. The molecule has 0 radical (unpaired) electrons. The molecule has 11 aromatic carbocycles. The number of rotatable bonds is 9. The second-order valence-corrected chi connectivity index (χ2v) is 19.0. The Bertz CT molecular complexity index is 3970. The van der Waals surface area contributed by atoms with E-state index in [1.807, 2.05) is 18.2 Å². The zero-order valence-electron chi connectivity index (χ0n) is 40.3. The van der Waals surface area contributed by atoms with E-state index < -0.39 is 0 Å². The van der Waals surface area contributed by atoms with Gasteiger partial charge in [0.05, 0.1) is 33.5 Å². The average Bonchev–Trinajstić information content (AvgIpc) is 4.02. The van der Waals surface area contributed by atoms with Crippen LogP contribution in [0.5, 0.6) is 0 Å². The summed E-state index contributed by atoms with van der Waals surface area (Å²) in [4.78, 5) is 10.3. The van der Waals surface area contributed by atoms with E-state index in [0.29, 0.717) is 5.82 Å². The fourth-order valence-electron chi connectivity index (χ4n) is 10.8. The lowest BCUT2D eigenvalue weighted by Gasteiger charge is -2.11. The summed E-state index contributed by atoms with van der Waals surface area (Å²) in [7, 11) is 0. The lowest BCUT2D eigenvalue weighted by Crippen LogP contribution is -1.96. The van der Waals surface area contributed by atoms with Gasteiger partial charge in [0.1, 0.15) is 0 Å². The third-order valence-electron chi connectivity index (χ3n) is 14.6. The first-order valence-corrected chi connectivity index (χ1v) is 25.2. The van der Waals surface area contributed by atoms with Crippen molar-refractivity contribution in [1.82, 2.24) is 19.1 Å². The molecule has 0 N–H and O–H groups in total. The molecule has 14 rings (SSSR count). The van der Waals surface area contributed by atoms with Crippen molar-refractivity contribution in [2.45, 2.75) is 0 Å². The topological polar surface area (TPSA) is 35.6 Å². The van der Waals surface area contributed by atoms with Gasteiger partial charge in [-0.2, -0.15) is 0 Å². The minimum absolute atomic E-state index is 0.698. The van der Waals surface area contributed by atoms with Gasteiger partial charge in [-0.3, -0.25) is 0 Å². The Balaban J connectivity index is 0.697. The van der Waals surface area contributed by atoms with Crippen LogP contribution in [0.25, 0.3) is 133 Å². The maximum absolute atomic E-state index is 5.13. The normalized spacial score (nSPS) is 11.5. The maximum Gasteiger partial charge on any atom is 0.160 e. The van der Waals surface area contributed by atoms with Gasteiger partial charge in [0.15, 0.2) is 5.82 Å². The van der Waals surface area contributed by atoms with Crippen LogP contribution in [0.2, 0.25) is 0 Å². The van der Waals surface area contributed by atoms with E-state index in [4.69, 9.17) is 9.97 Å². The molecule has 0 bridgehead atoms. The molecular weight excluding hydrogens is 897 g/mol. The molecular formula is C70H46N4. The largest absolute Gasteiger partial charge is 0.309 e. The number of aromatic nitrogens is 4. The summed E-state index contributed by atoms with van der Waals surface area (Å²) in [6.45, 7) is 0. The smallest absolute Gasteiger partial charge is 0.160 e. The summed E-state index contributed by atoms with van der Waals surface area (Å²) >= 11 is 0. The van der Waals surface area contributed by atoms with Crippen molar-refractivity contribution in [3.05, 3.63) is 279 Å². The zero-order chi connectivity index (χ0) is 49.0. The average molecular weight is 943 g/mol. The van der Waals surface area contributed by atoms with Crippen molar-refractivity contribution in [2.75, 3.05) is 0 Å². The van der Waals surface area contributed by atoms with E-state index in [-0.39, 0.29) is 0 Å². The van der Waals surface area contributed by atoms with Crippen LogP contribution in [0.4, 0.5) is 0 Å². The molecule has 0 saturated heterocycles. The first-order valence-electron chi connectivity index (χ1n) is 25.2. The van der Waals surface area contributed by atoms with Crippen molar-refractivity contribution >= 4 is 43.6 Å². The predicted molar refractivity (Wildman–Crippen MR) is 309 cm³/mol. The van der Waals surface area contributed by atoms with Gasteiger partial charge >= 0.3 is 0 Å². The van der Waals surface area contributed by atoms with Gasteiger partial charge in [-0.25, -0.2) is 9.97 Å². The summed E-state index contributed by atoms with van der Waals surface area (Å²) in [5.41, 5.74) is 21.3. The van der Waals surface area contributed by atoms with Crippen molar-refractivity contribution in [3.8, 4) is 89.8 Å². The third-order valence-corrected chi connectivity index (χ3v) is 14.6. The summed E-state index contributed by atoms with van der Waals surface area (Å²) in [5, 5.41) is 5.08. The molecule has 74 heavy (non-hydrogen) atoms. The molecule has 0 amide bonds. The van der Waals surface area contributed by atoms with E-state index in [0.717, 1.165) is 61.7 Å². The number of benzene rings is 11. The summed E-state index contributed by atoms with van der Waals surface area (Å²) in [5.74, 6) is 0.698. The van der Waals surface area contributed by atoms with E-state index in [1.165, 1.54) is 65.9 Å². The molecule has 0 spiro atoms. The molecule has 4 nitrogen and oxygen atoms in total. The minimum Gasteiger partial charge on any atom is -0.309 e. The highest BCUT2D eigenvalue weighted by Gasteiger charge is 2.15. The third kappa shape index (κ3) is 7.65. The van der Waals surface area contributed by atoms with Crippen molar-refractivity contribution in [2.24, 2.45) is 0 Å². The Kier molecular flexibility index (Phi) is 10.5. The SMILES string of the molecule is c1ccc(-c2nc(-c3ccc(-c4ccc(-c5ccc(-n6c7ccccc7c7ccccc76)cc5)cc4)cc3)cc(-c3ccc(-c4ccc(-c5ccc(-n6c7ccccc7c7ccccc76)cc5)cc4)cc3)n2)cc1. The van der Waals surface area contributed by atoms with Crippen LogP contribution in [0.3, 0.4) is 0 Å². The van der Waals surface area contributed by atoms with Crippen LogP contribution in [0.15, 0.2) is 279 Å². The highest BCUT2D eigenvalue weighted by atomic mass is 15.0. The van der Waals surface area contributed by atoms with Crippen LogP contribution in [-0.4, -0.2) is 19.1 Å². The molecule has 0 aliphatic carbocycles. The van der Waals surface area contributed by atoms with E-state index >= 15 is 0 Å². The van der Waals surface area contributed by atoms with Gasteiger partial charge in [-0.1, -0.05) is 224 Å². The monoisotopic (exact) mass is 942 g/mol. The Morgan fingerprint density at radius 3 is 0.743 bits per heavy atom. The molecule has 4 heteroatoms. The fourth-order valence-corrected chi connectivity index (χ4v) is 10.8. The van der Waals surface area contributed by atoms with E-state index in [9.17, 15) is 0 Å². The number of hydrogen-bond donors (Lipinski definition) is 0. The van der Waals surface area contributed by atoms with Gasteiger partial charge in [-0.15, -0.1) is 0 Å². The number of para-hydroxylation sites is 4. The van der Waals surface area contributed by atoms with Crippen molar-refractivity contribution < 1.29 is 0 Å². The lowest BCUT2D eigenvalue weighted by molar-refractivity contribution is 1.18. The van der Waals surface area contributed by atoms with Crippen molar-refractivity contribution in [1.29, 1.82) is 0 Å². The molecule has 0 aliphatic rings. The molecule has 0 fully saturated rings. The van der Waals surface area contributed by atoms with Crippen LogP contribution < -0.4 is 0 Å². The molecule has 3 aromatic heterocycles. The molecule has 0 unspecified atom stereocenters. The standard InChI is InChI=1S/C70H46N4/c1-2-12-57(13-3-1)70-71-64(55-34-30-51(31-35-55)47-22-26-49(27-23-47)53-38-42-58(43-39-53)73-66-18-8-4-14-60(66)61-15-5-9-19-67(61)73)46-65(72-70)56-36-32-52(33-37-56)48-24-28-50(29-25-48)54-40-44-59(45-41-54)74-68-20-10-6-16-62(68)63-17-7-11-21-69(63)74/h1-46H. The number of nitrogens with zero attached hydrogens (tertiary/aromatic N) is 4. The molecule has 0 atom stereocenters. The van der Waals surface area contributed by atoms with Gasteiger partial charge < -0.3 is 9.13 Å². The second-order valence-electron chi connectivity index (χ2n) is 19.0. The second kappa shape index (κ2) is 18.1. The lowest BCUT2D eigenvalue weighted by atomic mass is 9.98. The highest BCUT2D eigenvalue weighted by molar-refractivity contribution is 6.10. The van der Waals surface area contributed by atoms with Crippen LogP contribution in [0, 0.1) is 0 Å².